The predicted molar refractivity (Wildman–Crippen MR) is 313 cm³/mol. The van der Waals surface area contributed by atoms with E-state index < -0.39 is 50.9 Å². The minimum atomic E-state index is -3.39. The minimum absolute atomic E-state index is 0.0261. The molecule has 0 aromatic heterocycles. The minimum Gasteiger partial charge on any atom is -0.508 e. The van der Waals surface area contributed by atoms with E-state index in [-0.39, 0.29) is 99.7 Å². The zero-order valence-electron chi connectivity index (χ0n) is 46.9. The molecule has 460 valence electrons. The zero-order chi connectivity index (χ0) is 60.7. The number of carbonyl (C=O) groups is 1. The summed E-state index contributed by atoms with van der Waals surface area (Å²) in [5, 5.41) is 9.09. The largest absolute Gasteiger partial charge is 0.508 e. The first-order valence-corrected chi connectivity index (χ1v) is 34.4. The molecule has 4 atom stereocenters. The van der Waals surface area contributed by atoms with E-state index in [1.807, 2.05) is 0 Å². The van der Waals surface area contributed by atoms with Gasteiger partial charge in [-0.25, -0.2) is 42.5 Å². The van der Waals surface area contributed by atoms with Crippen LogP contribution in [0.25, 0.3) is 0 Å². The molecule has 4 heterocycles. The molecule has 0 spiro atoms. The van der Waals surface area contributed by atoms with Crippen molar-refractivity contribution in [3.8, 4) is 17.2 Å². The Kier molecular flexibility index (Phi) is 27.6. The van der Waals surface area contributed by atoms with Crippen LogP contribution >= 0.6 is 15.9 Å². The van der Waals surface area contributed by atoms with Crippen LogP contribution in [0.3, 0.4) is 0 Å². The Morgan fingerprint density at radius 2 is 0.855 bits per heavy atom. The lowest BCUT2D eigenvalue weighted by Gasteiger charge is -2.19. The lowest BCUT2D eigenvalue weighted by Crippen LogP contribution is -2.23. The van der Waals surface area contributed by atoms with Gasteiger partial charge >= 0.3 is 5.97 Å². The molecule has 8 rings (SSSR count). The lowest BCUT2D eigenvalue weighted by atomic mass is 10.1. The molecule has 0 amide bonds. The molecule has 3 N–H and O–H groups in total. The third kappa shape index (κ3) is 24.6. The first kappa shape index (κ1) is 68.9. The number of carbonyl (C=O) groups excluding carboxylic acids is 1. The second kappa shape index (κ2) is 33.2. The molecule has 4 aromatic rings. The maximum atomic E-state index is 13.1. The quantitative estimate of drug-likeness (QED) is 0.0695. The average Bonchev–Trinajstić information content (AvgIpc) is 4.33. The summed E-state index contributed by atoms with van der Waals surface area (Å²) in [5.41, 5.74) is 5.39. The standard InChI is InChI=1S/C21H29FO6S.C15H20FNO4S.C11H13BrO3S.C11H14O4S/c1-21(2,3)28-20(23)9-4-16(12-22)14-27-18-5-7-19(8-6-18)29(24,25)15-17-10-11-26-13-17;16-7-13(8-17)10-21-14-1-3-15(4-2-14)22(18,19)11-12-5-6-20-9-12;2*12-10-1-3-11(4-2-10)16(13,14)8-9-5-6-15-7-9/h5-8,12,17H,4,9-11,13-15H2,1-3H3;1-4,7,12H,5-6,8-11,17H2;1-4,9H,5-8H2;1-4,9,12H,5-8H2/b16-12+;13-7+;;/t17-;12-;2*9-/m1111/s1. The van der Waals surface area contributed by atoms with Crippen molar-refractivity contribution in [1.29, 1.82) is 0 Å². The highest BCUT2D eigenvalue weighted by Crippen LogP contribution is 2.27. The molecule has 83 heavy (non-hydrogen) atoms. The van der Waals surface area contributed by atoms with Crippen LogP contribution in [0.2, 0.25) is 0 Å². The zero-order valence-corrected chi connectivity index (χ0v) is 51.7. The van der Waals surface area contributed by atoms with Crippen LogP contribution in [0.4, 0.5) is 8.78 Å². The van der Waals surface area contributed by atoms with E-state index in [4.69, 9.17) is 44.0 Å². The lowest BCUT2D eigenvalue weighted by molar-refractivity contribution is -0.154. The normalized spacial score (nSPS) is 19.6. The molecule has 4 aromatic carbocycles. The second-order valence-corrected chi connectivity index (χ2v) is 30.4. The Morgan fingerprint density at radius 3 is 1.14 bits per heavy atom. The molecule has 25 heteroatoms. The van der Waals surface area contributed by atoms with Gasteiger partial charge in [-0.3, -0.25) is 4.79 Å². The number of halogens is 3. The summed E-state index contributed by atoms with van der Waals surface area (Å²) < 4.78 is 161. The number of phenolic OH excluding ortho intramolecular Hbond substituents is 1. The maximum absolute atomic E-state index is 13.1. The number of hydrogen-bond donors (Lipinski definition) is 2. The molecule has 4 fully saturated rings. The highest BCUT2D eigenvalue weighted by molar-refractivity contribution is 9.10. The summed E-state index contributed by atoms with van der Waals surface area (Å²) in [6.45, 7) is 10.0. The molecule has 0 aliphatic carbocycles. The van der Waals surface area contributed by atoms with Crippen LogP contribution in [0.1, 0.15) is 59.3 Å². The molecule has 0 unspecified atom stereocenters. The van der Waals surface area contributed by atoms with E-state index in [1.165, 1.54) is 48.5 Å². The van der Waals surface area contributed by atoms with E-state index in [2.05, 4.69) is 15.9 Å². The molecule has 4 aliphatic rings. The summed E-state index contributed by atoms with van der Waals surface area (Å²) in [6.07, 6.45) is 4.25. The third-order valence-corrected chi connectivity index (χ3v) is 21.3. The summed E-state index contributed by atoms with van der Waals surface area (Å²) in [7, 11) is -13.1. The summed E-state index contributed by atoms with van der Waals surface area (Å²) in [6, 6.07) is 24.6. The number of nitrogens with two attached hydrogens (primary N) is 1. The van der Waals surface area contributed by atoms with E-state index in [0.29, 0.717) is 93.1 Å². The van der Waals surface area contributed by atoms with Crippen LogP contribution in [0.5, 0.6) is 17.2 Å². The van der Waals surface area contributed by atoms with Crippen LogP contribution < -0.4 is 15.2 Å². The Hall–Kier alpha value is -4.83. The molecule has 0 bridgehead atoms. The molecule has 0 saturated carbocycles. The van der Waals surface area contributed by atoms with Crippen molar-refractivity contribution in [1.82, 2.24) is 0 Å². The van der Waals surface area contributed by atoms with Crippen molar-refractivity contribution >= 4 is 61.2 Å². The van der Waals surface area contributed by atoms with Crippen LogP contribution in [0, 0.1) is 23.7 Å². The molecular formula is C58H76BrF2NO17S4. The average molecular weight is 1310 g/mol. The van der Waals surface area contributed by atoms with E-state index in [0.717, 1.165) is 30.2 Å². The number of sulfone groups is 4. The highest BCUT2D eigenvalue weighted by atomic mass is 79.9. The summed E-state index contributed by atoms with van der Waals surface area (Å²) in [5.74, 6) is 1.35. The molecule has 4 saturated heterocycles. The molecule has 4 aliphatic heterocycles. The van der Waals surface area contributed by atoms with Crippen molar-refractivity contribution in [2.24, 2.45) is 29.4 Å². The SMILES string of the molecule is CC(C)(C)OC(=O)CC/C(=C\F)COc1ccc(S(=O)(=O)C[C@@H]2CCOC2)cc1.NC/C(=C\F)COc1ccc(S(=O)(=O)C[C@@H]2CCOC2)cc1.O=S(=O)(C[C@@H]1CCOC1)c1ccc(Br)cc1.O=S(=O)(C[C@@H]1CCOC1)c1ccc(O)cc1. The van der Waals surface area contributed by atoms with Crippen LogP contribution in [0.15, 0.2) is 145 Å². The van der Waals surface area contributed by atoms with Gasteiger partial charge < -0.3 is 44.0 Å². The number of rotatable bonds is 22. The van der Waals surface area contributed by atoms with Gasteiger partial charge in [0.05, 0.1) is 81.7 Å². The maximum Gasteiger partial charge on any atom is 0.306 e. The van der Waals surface area contributed by atoms with Crippen molar-refractivity contribution in [2.45, 2.75) is 84.5 Å². The van der Waals surface area contributed by atoms with E-state index in [1.54, 1.807) is 69.3 Å². The van der Waals surface area contributed by atoms with Crippen molar-refractivity contribution in [3.63, 3.8) is 0 Å². The smallest absolute Gasteiger partial charge is 0.306 e. The predicted octanol–water partition coefficient (Wildman–Crippen LogP) is 9.00. The highest BCUT2D eigenvalue weighted by Gasteiger charge is 2.28. The Bertz CT molecular complexity index is 3070. The van der Waals surface area contributed by atoms with E-state index in [9.17, 15) is 47.2 Å². The van der Waals surface area contributed by atoms with Crippen molar-refractivity contribution < 1.29 is 85.5 Å². The fourth-order valence-corrected chi connectivity index (χ4v) is 15.3. The van der Waals surface area contributed by atoms with Gasteiger partial charge in [0.25, 0.3) is 0 Å². The van der Waals surface area contributed by atoms with Crippen molar-refractivity contribution in [2.75, 3.05) is 95.6 Å². The van der Waals surface area contributed by atoms with Crippen LogP contribution in [-0.4, -0.2) is 146 Å². The van der Waals surface area contributed by atoms with Gasteiger partial charge in [0.2, 0.25) is 0 Å². The number of esters is 1. The summed E-state index contributed by atoms with van der Waals surface area (Å²) >= 11 is 3.29. The molecule has 18 nitrogen and oxygen atoms in total. The van der Waals surface area contributed by atoms with Gasteiger partial charge in [-0.1, -0.05) is 15.9 Å². The van der Waals surface area contributed by atoms with Crippen molar-refractivity contribution in [3.05, 3.63) is 125 Å². The van der Waals surface area contributed by atoms with Gasteiger partial charge in [0.1, 0.15) is 36.1 Å². The fourth-order valence-electron chi connectivity index (χ4n) is 8.57. The number of ether oxygens (including phenoxy) is 7. The summed E-state index contributed by atoms with van der Waals surface area (Å²) in [4.78, 5) is 12.9. The first-order valence-electron chi connectivity index (χ1n) is 27.0. The first-order chi connectivity index (χ1) is 39.3. The fraction of sp³-hybridized carbons (Fsp3) is 0.500. The Balaban J connectivity index is 0.000000209. The monoisotopic (exact) mass is 1300 g/mol. The van der Waals surface area contributed by atoms with E-state index >= 15 is 0 Å². The van der Waals surface area contributed by atoms with Gasteiger partial charge in [0, 0.05) is 49.4 Å². The number of benzene rings is 4. The third-order valence-electron chi connectivity index (χ3n) is 13.1. The second-order valence-electron chi connectivity index (χ2n) is 21.3. The topological polar surface area (TPSA) is 264 Å². The van der Waals surface area contributed by atoms with Gasteiger partial charge in [0.15, 0.2) is 39.3 Å². The Morgan fingerprint density at radius 1 is 0.542 bits per heavy atom. The Labute approximate surface area is 495 Å². The number of phenols is 1. The van der Waals surface area contributed by atoms with Gasteiger partial charge in [-0.05, 0) is 179 Å². The van der Waals surface area contributed by atoms with Crippen LogP contribution in [-0.2, 0) is 67.8 Å². The molecular weight excluding hydrogens is 1230 g/mol. The van der Waals surface area contributed by atoms with Gasteiger partial charge in [-0.15, -0.1) is 0 Å². The van der Waals surface area contributed by atoms with Gasteiger partial charge in [-0.2, -0.15) is 0 Å². The number of hydrogen-bond acceptors (Lipinski definition) is 18. The molecule has 0 radical (unpaired) electrons. The number of aromatic hydroxyl groups is 1.